The predicted octanol–water partition coefficient (Wildman–Crippen LogP) is 3.22. The maximum atomic E-state index is 5.05. The minimum Gasteiger partial charge on any atom is -0.385 e. The third-order valence-electron chi connectivity index (χ3n) is 2.78. The molecule has 3 heteroatoms. The third-order valence-corrected chi connectivity index (χ3v) is 2.78. The highest BCUT2D eigenvalue weighted by molar-refractivity contribution is 5.37. The summed E-state index contributed by atoms with van der Waals surface area (Å²) in [6, 6.07) is 4.56. The van der Waals surface area contributed by atoms with Gasteiger partial charge in [0.1, 0.15) is 5.82 Å². The number of aromatic nitrogens is 1. The van der Waals surface area contributed by atoms with Crippen LogP contribution in [0.4, 0.5) is 5.82 Å². The minimum absolute atomic E-state index is 0.160. The van der Waals surface area contributed by atoms with E-state index >= 15 is 0 Å². The maximum absolute atomic E-state index is 5.05. The first kappa shape index (κ1) is 14.0. The van der Waals surface area contributed by atoms with Crippen LogP contribution in [0.2, 0.25) is 0 Å². The zero-order chi connectivity index (χ0) is 12.9. The van der Waals surface area contributed by atoms with Gasteiger partial charge in [0.05, 0.1) is 0 Å². The molecule has 0 aliphatic heterocycles. The molecule has 1 heterocycles. The maximum Gasteiger partial charge on any atom is 0.126 e. The summed E-state index contributed by atoms with van der Waals surface area (Å²) in [4.78, 5) is 4.44. The number of anilines is 1. The van der Waals surface area contributed by atoms with E-state index in [1.54, 1.807) is 7.11 Å². The van der Waals surface area contributed by atoms with E-state index in [0.29, 0.717) is 6.04 Å². The smallest absolute Gasteiger partial charge is 0.126 e. The molecule has 0 aliphatic rings. The highest BCUT2D eigenvalue weighted by atomic mass is 16.5. The molecule has 1 unspecified atom stereocenters. The van der Waals surface area contributed by atoms with Gasteiger partial charge in [-0.3, -0.25) is 0 Å². The first-order valence-electron chi connectivity index (χ1n) is 6.15. The number of ether oxygens (including phenoxy) is 1. The van der Waals surface area contributed by atoms with Gasteiger partial charge in [0.25, 0.3) is 0 Å². The van der Waals surface area contributed by atoms with Gasteiger partial charge in [-0.15, -0.1) is 0 Å². The Bertz CT molecular complexity index is 327. The summed E-state index contributed by atoms with van der Waals surface area (Å²) in [5, 5.41) is 3.36. The first-order chi connectivity index (χ1) is 7.93. The Morgan fingerprint density at radius 3 is 2.53 bits per heavy atom. The number of pyridine rings is 1. The summed E-state index contributed by atoms with van der Waals surface area (Å²) in [7, 11) is 1.73. The van der Waals surface area contributed by atoms with Crippen LogP contribution in [-0.4, -0.2) is 24.7 Å². The Kier molecular flexibility index (Phi) is 4.94. The summed E-state index contributed by atoms with van der Waals surface area (Å²) in [5.74, 6) is 0.932. The van der Waals surface area contributed by atoms with Crippen LogP contribution < -0.4 is 5.32 Å². The van der Waals surface area contributed by atoms with Crippen molar-refractivity contribution in [3.8, 4) is 0 Å². The molecule has 96 valence electrons. The molecule has 1 atom stereocenters. The molecule has 0 saturated heterocycles. The number of nitrogens with one attached hydrogen (secondary N) is 1. The molecule has 1 aromatic heterocycles. The quantitative estimate of drug-likeness (QED) is 0.852. The second-order valence-corrected chi connectivity index (χ2v) is 5.51. The van der Waals surface area contributed by atoms with Crippen LogP contribution >= 0.6 is 0 Å². The zero-order valence-electron chi connectivity index (χ0n) is 11.6. The van der Waals surface area contributed by atoms with Gasteiger partial charge in [0, 0.05) is 26.0 Å². The van der Waals surface area contributed by atoms with E-state index in [2.05, 4.69) is 44.1 Å². The van der Waals surface area contributed by atoms with Gasteiger partial charge >= 0.3 is 0 Å². The van der Waals surface area contributed by atoms with Crippen LogP contribution in [0.1, 0.15) is 39.7 Å². The lowest BCUT2D eigenvalue weighted by molar-refractivity contribution is 0.191. The Morgan fingerprint density at radius 1 is 1.35 bits per heavy atom. The van der Waals surface area contributed by atoms with Gasteiger partial charge < -0.3 is 10.1 Å². The number of hydrogen-bond acceptors (Lipinski definition) is 3. The molecular weight excluding hydrogens is 212 g/mol. The van der Waals surface area contributed by atoms with E-state index in [1.165, 1.54) is 5.56 Å². The molecule has 1 N–H and O–H groups in total. The summed E-state index contributed by atoms with van der Waals surface area (Å²) in [5.41, 5.74) is 1.42. The Balaban J connectivity index is 2.56. The lowest BCUT2D eigenvalue weighted by Crippen LogP contribution is -2.18. The van der Waals surface area contributed by atoms with Gasteiger partial charge in [-0.25, -0.2) is 4.98 Å². The van der Waals surface area contributed by atoms with E-state index in [1.807, 2.05) is 12.3 Å². The molecule has 1 aromatic rings. The van der Waals surface area contributed by atoms with Gasteiger partial charge in [0.2, 0.25) is 0 Å². The van der Waals surface area contributed by atoms with Crippen LogP contribution in [0.3, 0.4) is 0 Å². The van der Waals surface area contributed by atoms with E-state index < -0.39 is 0 Å². The Labute approximate surface area is 105 Å². The van der Waals surface area contributed by atoms with Crippen molar-refractivity contribution in [3.63, 3.8) is 0 Å². The molecule has 1 rings (SSSR count). The lowest BCUT2D eigenvalue weighted by Gasteiger charge is -2.19. The molecule has 0 radical (unpaired) electrons. The largest absolute Gasteiger partial charge is 0.385 e. The van der Waals surface area contributed by atoms with Crippen molar-refractivity contribution in [2.75, 3.05) is 19.0 Å². The molecule has 0 bridgehead atoms. The second kappa shape index (κ2) is 6.01. The van der Waals surface area contributed by atoms with Gasteiger partial charge in [-0.2, -0.15) is 0 Å². The topological polar surface area (TPSA) is 34.1 Å². The zero-order valence-corrected chi connectivity index (χ0v) is 11.6. The van der Waals surface area contributed by atoms with Crippen LogP contribution in [0.15, 0.2) is 18.3 Å². The number of nitrogens with zero attached hydrogens (tertiary/aromatic N) is 1. The summed E-state index contributed by atoms with van der Waals surface area (Å²) in [6.45, 7) is 9.49. The molecule has 0 aliphatic carbocycles. The van der Waals surface area contributed by atoms with Gasteiger partial charge in [-0.05, 0) is 30.4 Å². The van der Waals surface area contributed by atoms with Crippen molar-refractivity contribution >= 4 is 5.82 Å². The molecular formula is C14H24N2O. The summed E-state index contributed by atoms with van der Waals surface area (Å²) >= 11 is 0. The summed E-state index contributed by atoms with van der Waals surface area (Å²) < 4.78 is 5.05. The van der Waals surface area contributed by atoms with E-state index in [9.17, 15) is 0 Å². The third kappa shape index (κ3) is 4.73. The molecule has 0 aromatic carbocycles. The molecule has 0 amide bonds. The van der Waals surface area contributed by atoms with Crippen molar-refractivity contribution < 1.29 is 4.74 Å². The fourth-order valence-corrected chi connectivity index (χ4v) is 1.54. The van der Waals surface area contributed by atoms with Crippen LogP contribution in [0.25, 0.3) is 0 Å². The van der Waals surface area contributed by atoms with Crippen molar-refractivity contribution in [2.45, 2.75) is 45.6 Å². The fraction of sp³-hybridized carbons (Fsp3) is 0.643. The first-order valence-corrected chi connectivity index (χ1v) is 6.15. The van der Waals surface area contributed by atoms with Crippen molar-refractivity contribution in [2.24, 2.45) is 0 Å². The lowest BCUT2D eigenvalue weighted by atomic mass is 9.88. The predicted molar refractivity (Wildman–Crippen MR) is 72.5 cm³/mol. The van der Waals surface area contributed by atoms with E-state index in [4.69, 9.17) is 4.74 Å². The normalized spacial score (nSPS) is 13.5. The standard InChI is InChI=1S/C14H24N2O/c1-11(8-9-17-5)16-13-7-6-12(10-15-13)14(2,3)4/h6-7,10-11H,8-9H2,1-5H3,(H,15,16). The van der Waals surface area contributed by atoms with Crippen LogP contribution in [0, 0.1) is 0 Å². The molecule has 0 saturated carbocycles. The average Bonchev–Trinajstić information content (AvgIpc) is 2.26. The number of rotatable bonds is 5. The van der Waals surface area contributed by atoms with Crippen molar-refractivity contribution in [1.82, 2.24) is 4.98 Å². The molecule has 0 spiro atoms. The number of methoxy groups -OCH3 is 1. The molecule has 0 fully saturated rings. The highest BCUT2D eigenvalue weighted by Gasteiger charge is 2.13. The Morgan fingerprint density at radius 2 is 2.06 bits per heavy atom. The summed E-state index contributed by atoms with van der Waals surface area (Å²) in [6.07, 6.45) is 2.94. The van der Waals surface area contributed by atoms with Crippen LogP contribution in [-0.2, 0) is 10.2 Å². The van der Waals surface area contributed by atoms with Crippen molar-refractivity contribution in [3.05, 3.63) is 23.9 Å². The second-order valence-electron chi connectivity index (χ2n) is 5.51. The fourth-order valence-electron chi connectivity index (χ4n) is 1.54. The highest BCUT2D eigenvalue weighted by Crippen LogP contribution is 2.22. The minimum atomic E-state index is 0.160. The Hall–Kier alpha value is -1.09. The monoisotopic (exact) mass is 236 g/mol. The van der Waals surface area contributed by atoms with E-state index in [0.717, 1.165) is 18.8 Å². The van der Waals surface area contributed by atoms with E-state index in [-0.39, 0.29) is 5.41 Å². The molecule has 17 heavy (non-hydrogen) atoms. The van der Waals surface area contributed by atoms with Crippen molar-refractivity contribution in [1.29, 1.82) is 0 Å². The van der Waals surface area contributed by atoms with Gasteiger partial charge in [-0.1, -0.05) is 26.8 Å². The van der Waals surface area contributed by atoms with Crippen LogP contribution in [0.5, 0.6) is 0 Å². The SMILES string of the molecule is COCCC(C)Nc1ccc(C(C)(C)C)cn1. The molecule has 3 nitrogen and oxygen atoms in total. The number of hydrogen-bond donors (Lipinski definition) is 1. The average molecular weight is 236 g/mol. The van der Waals surface area contributed by atoms with Gasteiger partial charge in [0.15, 0.2) is 0 Å².